The van der Waals surface area contributed by atoms with Crippen LogP contribution in [0.3, 0.4) is 0 Å². The maximum Gasteiger partial charge on any atom is 0.191 e. The van der Waals surface area contributed by atoms with Gasteiger partial charge in [0.2, 0.25) is 0 Å². The Balaban J connectivity index is 0.00000392. The molecule has 0 bridgehead atoms. The van der Waals surface area contributed by atoms with Crippen LogP contribution in [0.15, 0.2) is 29.3 Å². The third-order valence-electron chi connectivity index (χ3n) is 4.23. The van der Waals surface area contributed by atoms with E-state index in [1.54, 1.807) is 13.2 Å². The minimum Gasteiger partial charge on any atom is -0.504 e. The van der Waals surface area contributed by atoms with Crippen LogP contribution in [0.5, 0.6) is 11.5 Å². The highest BCUT2D eigenvalue weighted by Gasteiger charge is 2.07. The second-order valence-electron chi connectivity index (χ2n) is 6.41. The van der Waals surface area contributed by atoms with E-state index in [0.717, 1.165) is 43.3 Å². The van der Waals surface area contributed by atoms with Crippen molar-refractivity contribution in [1.82, 2.24) is 20.4 Å². The van der Waals surface area contributed by atoms with E-state index in [4.69, 9.17) is 4.74 Å². The Hall–Kier alpha value is -1.97. The highest BCUT2D eigenvalue weighted by atomic mass is 127. The highest BCUT2D eigenvalue weighted by molar-refractivity contribution is 14.0. The van der Waals surface area contributed by atoms with Crippen molar-refractivity contribution in [3.8, 4) is 11.5 Å². The monoisotopic (exact) mass is 501 g/mol. The van der Waals surface area contributed by atoms with Gasteiger partial charge in [0.15, 0.2) is 17.5 Å². The maximum atomic E-state index is 10.2. The number of aliphatic imine (C=N–C) groups is 1. The van der Waals surface area contributed by atoms with Gasteiger partial charge in [-0.3, -0.25) is 9.67 Å². The van der Waals surface area contributed by atoms with Gasteiger partial charge in [-0.1, -0.05) is 12.1 Å². The number of aromatic nitrogens is 2. The first-order valence-corrected chi connectivity index (χ1v) is 9.43. The Morgan fingerprint density at radius 1 is 1.29 bits per heavy atom. The number of nitrogens with one attached hydrogen (secondary N) is 2. The van der Waals surface area contributed by atoms with Crippen molar-refractivity contribution in [1.29, 1.82) is 0 Å². The summed E-state index contributed by atoms with van der Waals surface area (Å²) in [5.74, 6) is 1.49. The molecule has 156 valence electrons. The summed E-state index contributed by atoms with van der Waals surface area (Å²) in [5, 5.41) is 21.2. The largest absolute Gasteiger partial charge is 0.504 e. The molecule has 28 heavy (non-hydrogen) atoms. The average molecular weight is 501 g/mol. The first-order chi connectivity index (χ1) is 13.0. The van der Waals surface area contributed by atoms with Crippen molar-refractivity contribution >= 4 is 29.9 Å². The second-order valence-corrected chi connectivity index (χ2v) is 6.41. The summed E-state index contributed by atoms with van der Waals surface area (Å²) in [7, 11) is 1.55. The van der Waals surface area contributed by atoms with Gasteiger partial charge in [0.1, 0.15) is 0 Å². The van der Waals surface area contributed by atoms with Crippen LogP contribution < -0.4 is 15.4 Å². The molecule has 0 saturated carbocycles. The zero-order chi connectivity index (χ0) is 19.6. The van der Waals surface area contributed by atoms with Gasteiger partial charge in [0.25, 0.3) is 0 Å². The van der Waals surface area contributed by atoms with Crippen molar-refractivity contribution in [3.63, 3.8) is 0 Å². The van der Waals surface area contributed by atoms with Gasteiger partial charge >= 0.3 is 0 Å². The first kappa shape index (κ1) is 24.1. The summed E-state index contributed by atoms with van der Waals surface area (Å²) in [5.41, 5.74) is 3.08. The number of benzene rings is 1. The molecule has 0 saturated heterocycles. The minimum atomic E-state index is 0. The number of guanidine groups is 1. The molecule has 8 heteroatoms. The van der Waals surface area contributed by atoms with E-state index in [1.807, 2.05) is 30.7 Å². The number of ether oxygens (including phenoxy) is 1. The topological polar surface area (TPSA) is 83.7 Å². The van der Waals surface area contributed by atoms with E-state index in [1.165, 1.54) is 5.69 Å². The molecule has 0 spiro atoms. The van der Waals surface area contributed by atoms with Crippen LogP contribution in [0.1, 0.15) is 30.3 Å². The Morgan fingerprint density at radius 2 is 2.07 bits per heavy atom. The predicted molar refractivity (Wildman–Crippen MR) is 124 cm³/mol. The predicted octanol–water partition coefficient (Wildman–Crippen LogP) is 3.02. The lowest BCUT2D eigenvalue weighted by molar-refractivity contribution is 0.370. The molecule has 2 aromatic rings. The van der Waals surface area contributed by atoms with Crippen LogP contribution in [0.25, 0.3) is 0 Å². The van der Waals surface area contributed by atoms with Crippen LogP contribution >= 0.6 is 24.0 Å². The molecule has 0 aliphatic rings. The van der Waals surface area contributed by atoms with Gasteiger partial charge < -0.3 is 20.5 Å². The summed E-state index contributed by atoms with van der Waals surface area (Å²) in [4.78, 5) is 4.62. The lowest BCUT2D eigenvalue weighted by atomic mass is 10.1. The number of halogens is 1. The number of hydrogen-bond donors (Lipinski definition) is 3. The molecule has 0 unspecified atom stereocenters. The van der Waals surface area contributed by atoms with E-state index in [-0.39, 0.29) is 29.7 Å². The maximum absolute atomic E-state index is 10.2. The molecule has 1 heterocycles. The van der Waals surface area contributed by atoms with E-state index in [0.29, 0.717) is 18.7 Å². The normalized spacial score (nSPS) is 11.1. The van der Waals surface area contributed by atoms with Gasteiger partial charge in [-0.15, -0.1) is 24.0 Å². The number of aromatic hydroxyl groups is 1. The number of methoxy groups -OCH3 is 1. The average Bonchev–Trinajstić information content (AvgIpc) is 2.97. The molecule has 3 N–H and O–H groups in total. The third kappa shape index (κ3) is 7.21. The molecule has 0 aliphatic heterocycles. The molecular formula is C20H32IN5O2. The zero-order valence-electron chi connectivity index (χ0n) is 17.2. The van der Waals surface area contributed by atoms with Gasteiger partial charge in [0.05, 0.1) is 12.8 Å². The Morgan fingerprint density at radius 3 is 2.71 bits per heavy atom. The molecule has 7 nitrogen and oxygen atoms in total. The molecule has 0 atom stereocenters. The molecule has 2 rings (SSSR count). The van der Waals surface area contributed by atoms with Gasteiger partial charge in [-0.25, -0.2) is 0 Å². The van der Waals surface area contributed by atoms with Crippen LogP contribution in [0.2, 0.25) is 0 Å². The highest BCUT2D eigenvalue weighted by Crippen LogP contribution is 2.29. The standard InChI is InChI=1S/C20H31N5O2.HI/c1-5-21-20(22-11-7-13-25-16(3)14-15(2)24-25)23-12-10-17-8-6-9-18(27-4)19(17)26;/h6,8-9,14,26H,5,7,10-13H2,1-4H3,(H2,21,22,23);1H. The molecule has 1 aromatic carbocycles. The number of aryl methyl sites for hydroxylation is 3. The van der Waals surface area contributed by atoms with E-state index >= 15 is 0 Å². The first-order valence-electron chi connectivity index (χ1n) is 9.43. The third-order valence-corrected chi connectivity index (χ3v) is 4.23. The lowest BCUT2D eigenvalue weighted by Gasteiger charge is -2.13. The van der Waals surface area contributed by atoms with E-state index in [9.17, 15) is 5.11 Å². The van der Waals surface area contributed by atoms with Crippen LogP contribution in [-0.2, 0) is 13.0 Å². The number of para-hydroxylation sites is 1. The van der Waals surface area contributed by atoms with Crippen molar-refractivity contribution in [3.05, 3.63) is 41.2 Å². The molecule has 0 radical (unpaired) electrons. The Labute approximate surface area is 184 Å². The van der Waals surface area contributed by atoms with Crippen molar-refractivity contribution in [2.75, 3.05) is 26.7 Å². The molecule has 0 amide bonds. The fourth-order valence-corrected chi connectivity index (χ4v) is 2.90. The number of hydrogen-bond acceptors (Lipinski definition) is 4. The summed E-state index contributed by atoms with van der Waals surface area (Å²) in [6.45, 7) is 9.18. The van der Waals surface area contributed by atoms with E-state index in [2.05, 4.69) is 33.7 Å². The number of rotatable bonds is 9. The molecule has 0 fully saturated rings. The fourth-order valence-electron chi connectivity index (χ4n) is 2.90. The summed E-state index contributed by atoms with van der Waals surface area (Å²) in [6.07, 6.45) is 1.61. The van der Waals surface area contributed by atoms with Crippen molar-refractivity contribution in [2.45, 2.75) is 40.2 Å². The van der Waals surface area contributed by atoms with Gasteiger partial charge in [-0.05, 0) is 51.3 Å². The summed E-state index contributed by atoms with van der Waals surface area (Å²) >= 11 is 0. The molecule has 1 aromatic heterocycles. The minimum absolute atomic E-state index is 0. The second kappa shape index (κ2) is 12.5. The fraction of sp³-hybridized carbons (Fsp3) is 0.500. The van der Waals surface area contributed by atoms with Crippen LogP contribution in [0.4, 0.5) is 0 Å². The lowest BCUT2D eigenvalue weighted by Crippen LogP contribution is -2.38. The number of nitrogens with zero attached hydrogens (tertiary/aromatic N) is 3. The Kier molecular flexibility index (Phi) is 10.7. The van der Waals surface area contributed by atoms with Crippen molar-refractivity contribution in [2.24, 2.45) is 4.99 Å². The van der Waals surface area contributed by atoms with E-state index < -0.39 is 0 Å². The van der Waals surface area contributed by atoms with Gasteiger partial charge in [-0.2, -0.15) is 5.10 Å². The quantitative estimate of drug-likeness (QED) is 0.213. The van der Waals surface area contributed by atoms with Gasteiger partial charge in [0, 0.05) is 31.9 Å². The zero-order valence-corrected chi connectivity index (χ0v) is 19.5. The van der Waals surface area contributed by atoms with Crippen LogP contribution in [-0.4, -0.2) is 47.6 Å². The molecular weight excluding hydrogens is 469 g/mol. The smallest absolute Gasteiger partial charge is 0.191 e. The van der Waals surface area contributed by atoms with Crippen LogP contribution in [0, 0.1) is 13.8 Å². The summed E-state index contributed by atoms with van der Waals surface area (Å²) < 4.78 is 7.17. The Bertz CT molecular complexity index is 761. The SMILES string of the molecule is CCNC(=NCCCn1nc(C)cc1C)NCCc1cccc(OC)c1O.I. The number of phenolic OH excluding ortho intramolecular Hbond substituents is 1. The number of phenols is 1. The molecule has 0 aliphatic carbocycles. The van der Waals surface area contributed by atoms with Crippen molar-refractivity contribution < 1.29 is 9.84 Å². The summed E-state index contributed by atoms with van der Waals surface area (Å²) in [6, 6.07) is 7.62.